The van der Waals surface area contributed by atoms with Crippen LogP contribution in [0.3, 0.4) is 0 Å². The van der Waals surface area contributed by atoms with Crippen LogP contribution in [0, 0.1) is 0 Å². The van der Waals surface area contributed by atoms with Gasteiger partial charge in [0.05, 0.1) is 11.4 Å². The molecule has 1 N–H and O–H groups in total. The summed E-state index contributed by atoms with van der Waals surface area (Å²) in [5.41, 5.74) is 2.10. The molecule has 2 aromatic rings. The first-order chi connectivity index (χ1) is 7.65. The molecule has 0 saturated carbocycles. The van der Waals surface area contributed by atoms with Gasteiger partial charge in [0.15, 0.2) is 0 Å². The molecule has 0 aliphatic heterocycles. The molecule has 5 heteroatoms. The molecule has 1 atom stereocenters. The fourth-order valence-electron chi connectivity index (χ4n) is 1.58. The quantitative estimate of drug-likeness (QED) is 0.834. The Morgan fingerprint density at radius 2 is 1.88 bits per heavy atom. The first kappa shape index (κ1) is 10.9. The van der Waals surface area contributed by atoms with Gasteiger partial charge in [0.25, 0.3) is 0 Å². The molecule has 2 rings (SSSR count). The summed E-state index contributed by atoms with van der Waals surface area (Å²) in [6.07, 6.45) is 3.90. The van der Waals surface area contributed by atoms with Crippen molar-refractivity contribution in [3.63, 3.8) is 0 Å². The highest BCUT2D eigenvalue weighted by atomic mass is 15.3. The zero-order chi connectivity index (χ0) is 11.5. The average Bonchev–Trinajstić information content (AvgIpc) is 2.84. The molecule has 0 aliphatic carbocycles. The molecule has 2 heterocycles. The summed E-state index contributed by atoms with van der Waals surface area (Å²) in [4.78, 5) is 0. The zero-order valence-corrected chi connectivity index (χ0v) is 9.88. The number of nitrogens with one attached hydrogen (secondary N) is 1. The minimum atomic E-state index is 0.239. The molecule has 86 valence electrons. The largest absolute Gasteiger partial charge is 0.303 e. The molecule has 0 spiro atoms. The molecule has 0 aromatic carbocycles. The number of aromatic nitrogens is 4. The van der Waals surface area contributed by atoms with Crippen molar-refractivity contribution in [1.82, 2.24) is 24.9 Å². The van der Waals surface area contributed by atoms with E-state index in [1.54, 1.807) is 0 Å². The van der Waals surface area contributed by atoms with Crippen molar-refractivity contribution in [2.75, 3.05) is 0 Å². The summed E-state index contributed by atoms with van der Waals surface area (Å²) >= 11 is 0. The zero-order valence-electron chi connectivity index (χ0n) is 9.88. The van der Waals surface area contributed by atoms with E-state index in [0.717, 1.165) is 17.9 Å². The number of rotatable bonds is 4. The van der Waals surface area contributed by atoms with Crippen LogP contribution in [-0.2, 0) is 20.6 Å². The Balaban J connectivity index is 1.91. The Bertz CT molecular complexity index is 456. The number of aryl methyl sites for hydroxylation is 2. The third-order valence-electron chi connectivity index (χ3n) is 2.54. The number of hydrogen-bond acceptors (Lipinski definition) is 3. The predicted octanol–water partition coefficient (Wildman–Crippen LogP) is 1.00. The van der Waals surface area contributed by atoms with Gasteiger partial charge in [-0.2, -0.15) is 10.2 Å². The van der Waals surface area contributed by atoms with E-state index in [-0.39, 0.29) is 6.04 Å². The van der Waals surface area contributed by atoms with Crippen LogP contribution in [0.5, 0.6) is 0 Å². The second kappa shape index (κ2) is 4.49. The predicted molar refractivity (Wildman–Crippen MR) is 61.7 cm³/mol. The van der Waals surface area contributed by atoms with Gasteiger partial charge >= 0.3 is 0 Å². The summed E-state index contributed by atoms with van der Waals surface area (Å²) in [5, 5.41) is 12.1. The second-order valence-corrected chi connectivity index (χ2v) is 4.00. The lowest BCUT2D eigenvalue weighted by molar-refractivity contribution is 0.541. The summed E-state index contributed by atoms with van der Waals surface area (Å²) in [5.74, 6) is 0. The Hall–Kier alpha value is -1.62. The molecule has 16 heavy (non-hydrogen) atoms. The molecule has 0 fully saturated rings. The van der Waals surface area contributed by atoms with Crippen molar-refractivity contribution >= 4 is 0 Å². The summed E-state index contributed by atoms with van der Waals surface area (Å²) in [6.45, 7) is 2.86. The van der Waals surface area contributed by atoms with Crippen LogP contribution in [0.1, 0.15) is 24.4 Å². The van der Waals surface area contributed by atoms with Gasteiger partial charge in [-0.3, -0.25) is 9.36 Å². The highest BCUT2D eigenvalue weighted by Crippen LogP contribution is 2.09. The third kappa shape index (κ3) is 2.49. The Labute approximate surface area is 95.1 Å². The first-order valence-electron chi connectivity index (χ1n) is 5.36. The molecule has 5 nitrogen and oxygen atoms in total. The average molecular weight is 219 g/mol. The van der Waals surface area contributed by atoms with Crippen LogP contribution in [-0.4, -0.2) is 19.6 Å². The maximum Gasteiger partial charge on any atom is 0.0791 e. The van der Waals surface area contributed by atoms with Crippen molar-refractivity contribution in [3.05, 3.63) is 35.9 Å². The van der Waals surface area contributed by atoms with Crippen molar-refractivity contribution in [2.24, 2.45) is 14.1 Å². The van der Waals surface area contributed by atoms with Gasteiger partial charge < -0.3 is 5.32 Å². The number of hydrogen-bond donors (Lipinski definition) is 1. The van der Waals surface area contributed by atoms with Gasteiger partial charge in [0.1, 0.15) is 0 Å². The molecule has 1 unspecified atom stereocenters. The van der Waals surface area contributed by atoms with E-state index >= 15 is 0 Å². The van der Waals surface area contributed by atoms with Crippen molar-refractivity contribution < 1.29 is 0 Å². The summed E-state index contributed by atoms with van der Waals surface area (Å²) in [6, 6.07) is 4.28. The van der Waals surface area contributed by atoms with Gasteiger partial charge in [-0.25, -0.2) is 0 Å². The minimum absolute atomic E-state index is 0.239. The first-order valence-corrected chi connectivity index (χ1v) is 5.36. The maximum absolute atomic E-state index is 4.36. The van der Waals surface area contributed by atoms with Gasteiger partial charge in [-0.1, -0.05) is 0 Å². The van der Waals surface area contributed by atoms with E-state index in [1.807, 2.05) is 48.0 Å². The van der Waals surface area contributed by atoms with Crippen LogP contribution in [0.25, 0.3) is 0 Å². The summed E-state index contributed by atoms with van der Waals surface area (Å²) in [7, 11) is 3.85. The Kier molecular flexibility index (Phi) is 3.05. The molecule has 0 bridgehead atoms. The van der Waals surface area contributed by atoms with E-state index in [0.29, 0.717) is 0 Å². The monoisotopic (exact) mass is 219 g/mol. The molecule has 0 radical (unpaired) electrons. The highest BCUT2D eigenvalue weighted by molar-refractivity contribution is 5.05. The normalized spacial score (nSPS) is 12.9. The molecule has 2 aromatic heterocycles. The highest BCUT2D eigenvalue weighted by Gasteiger charge is 2.08. The fraction of sp³-hybridized carbons (Fsp3) is 0.455. The Morgan fingerprint density at radius 3 is 2.44 bits per heavy atom. The van der Waals surface area contributed by atoms with E-state index in [9.17, 15) is 0 Å². The van der Waals surface area contributed by atoms with Gasteiger partial charge in [-0.05, 0) is 19.1 Å². The minimum Gasteiger partial charge on any atom is -0.303 e. The fourth-order valence-corrected chi connectivity index (χ4v) is 1.58. The molecule has 0 amide bonds. The lowest BCUT2D eigenvalue weighted by atomic mass is 10.2. The molecule has 0 saturated heterocycles. The van der Waals surface area contributed by atoms with Gasteiger partial charge in [0.2, 0.25) is 0 Å². The Morgan fingerprint density at radius 1 is 1.19 bits per heavy atom. The van der Waals surface area contributed by atoms with Crippen LogP contribution >= 0.6 is 0 Å². The van der Waals surface area contributed by atoms with E-state index in [4.69, 9.17) is 0 Å². The standard InChI is InChI=1S/C11H17N5/c1-9(11-5-7-16(3)14-11)12-8-10-4-6-15(2)13-10/h4-7,9,12H,8H2,1-3H3. The van der Waals surface area contributed by atoms with Gasteiger partial charge in [-0.15, -0.1) is 0 Å². The lowest BCUT2D eigenvalue weighted by Gasteiger charge is -2.09. The second-order valence-electron chi connectivity index (χ2n) is 4.00. The SMILES string of the molecule is CC(NCc1ccn(C)n1)c1ccn(C)n1. The number of nitrogens with zero attached hydrogens (tertiary/aromatic N) is 4. The van der Waals surface area contributed by atoms with Crippen molar-refractivity contribution in [3.8, 4) is 0 Å². The van der Waals surface area contributed by atoms with E-state index < -0.39 is 0 Å². The van der Waals surface area contributed by atoms with Crippen LogP contribution in [0.2, 0.25) is 0 Å². The molecule has 0 aliphatic rings. The maximum atomic E-state index is 4.36. The lowest BCUT2D eigenvalue weighted by Crippen LogP contribution is -2.19. The summed E-state index contributed by atoms with van der Waals surface area (Å²) < 4.78 is 3.62. The van der Waals surface area contributed by atoms with Gasteiger partial charge in [0, 0.05) is 39.1 Å². The smallest absolute Gasteiger partial charge is 0.0791 e. The van der Waals surface area contributed by atoms with Crippen LogP contribution < -0.4 is 5.32 Å². The topological polar surface area (TPSA) is 47.7 Å². The van der Waals surface area contributed by atoms with Crippen molar-refractivity contribution in [2.45, 2.75) is 19.5 Å². The van der Waals surface area contributed by atoms with Crippen LogP contribution in [0.4, 0.5) is 0 Å². The molecular weight excluding hydrogens is 202 g/mol. The third-order valence-corrected chi connectivity index (χ3v) is 2.54. The van der Waals surface area contributed by atoms with E-state index in [2.05, 4.69) is 22.4 Å². The van der Waals surface area contributed by atoms with E-state index in [1.165, 1.54) is 0 Å². The molecular formula is C11H17N5. The van der Waals surface area contributed by atoms with Crippen molar-refractivity contribution in [1.29, 1.82) is 0 Å². The van der Waals surface area contributed by atoms with Crippen LogP contribution in [0.15, 0.2) is 24.5 Å².